The topological polar surface area (TPSA) is 69.0 Å². The molecule has 1 saturated heterocycles. The second-order valence-corrected chi connectivity index (χ2v) is 8.69. The molecule has 2 heterocycles. The molecule has 1 atom stereocenters. The van der Waals surface area contributed by atoms with Crippen LogP contribution < -0.4 is 5.32 Å². The first-order valence-corrected chi connectivity index (χ1v) is 11.4. The molecule has 29 heavy (non-hydrogen) atoms. The summed E-state index contributed by atoms with van der Waals surface area (Å²) in [5, 5.41) is 12.5. The van der Waals surface area contributed by atoms with Gasteiger partial charge in [-0.15, -0.1) is 10.2 Å². The summed E-state index contributed by atoms with van der Waals surface area (Å²) < 4.78 is 21.1. The van der Waals surface area contributed by atoms with Gasteiger partial charge in [0.2, 0.25) is 5.91 Å². The Balaban J connectivity index is 1.46. The average molecular weight is 419 g/mol. The van der Waals surface area contributed by atoms with Gasteiger partial charge in [0.15, 0.2) is 11.0 Å². The average Bonchev–Trinajstić information content (AvgIpc) is 3.38. The lowest BCUT2D eigenvalue weighted by molar-refractivity contribution is -0.119. The fraction of sp³-hybridized carbons (Fsp3) is 0.571. The van der Waals surface area contributed by atoms with Crippen molar-refractivity contribution in [1.82, 2.24) is 20.1 Å². The van der Waals surface area contributed by atoms with Gasteiger partial charge in [0.25, 0.3) is 0 Å². The molecule has 1 aliphatic carbocycles. The molecular formula is C21H27FN4O2S. The molecule has 1 amide bonds. The molecule has 2 aliphatic rings. The van der Waals surface area contributed by atoms with E-state index in [2.05, 4.69) is 15.5 Å². The Morgan fingerprint density at radius 2 is 1.93 bits per heavy atom. The highest BCUT2D eigenvalue weighted by atomic mass is 32.2. The van der Waals surface area contributed by atoms with E-state index in [9.17, 15) is 9.18 Å². The summed E-state index contributed by atoms with van der Waals surface area (Å²) in [7, 11) is 0. The Morgan fingerprint density at radius 1 is 1.14 bits per heavy atom. The monoisotopic (exact) mass is 418 g/mol. The molecule has 1 N–H and O–H groups in total. The smallest absolute Gasteiger partial charge is 0.230 e. The molecule has 4 rings (SSSR count). The predicted molar refractivity (Wildman–Crippen MR) is 110 cm³/mol. The van der Waals surface area contributed by atoms with E-state index < -0.39 is 0 Å². The van der Waals surface area contributed by atoms with Gasteiger partial charge in [0.1, 0.15) is 5.82 Å². The maximum Gasteiger partial charge on any atom is 0.230 e. The Bertz CT molecular complexity index is 815. The third-order valence-electron chi connectivity index (χ3n) is 5.53. The number of rotatable bonds is 7. The number of thioether (sulfide) groups is 1. The van der Waals surface area contributed by atoms with Crippen LogP contribution >= 0.6 is 11.8 Å². The third kappa shape index (κ3) is 5.36. The molecule has 6 nitrogen and oxygen atoms in total. The maximum atomic E-state index is 13.3. The summed E-state index contributed by atoms with van der Waals surface area (Å²) in [6.45, 7) is 1.40. The summed E-state index contributed by atoms with van der Waals surface area (Å²) in [5.41, 5.74) is 0.801. The summed E-state index contributed by atoms with van der Waals surface area (Å²) >= 11 is 1.39. The number of hydrogen-bond donors (Lipinski definition) is 1. The zero-order valence-electron chi connectivity index (χ0n) is 16.5. The number of aromatic nitrogens is 3. The highest BCUT2D eigenvalue weighted by Gasteiger charge is 2.23. The Labute approximate surface area is 174 Å². The molecule has 2 fully saturated rings. The highest BCUT2D eigenvalue weighted by Crippen LogP contribution is 2.27. The lowest BCUT2D eigenvalue weighted by Gasteiger charge is -2.22. The van der Waals surface area contributed by atoms with E-state index in [1.807, 2.05) is 4.57 Å². The Hall–Kier alpha value is -1.93. The van der Waals surface area contributed by atoms with Gasteiger partial charge >= 0.3 is 0 Å². The van der Waals surface area contributed by atoms with Crippen LogP contribution in [0, 0.1) is 5.82 Å². The van der Waals surface area contributed by atoms with Gasteiger partial charge in [-0.1, -0.05) is 31.0 Å². The first-order chi connectivity index (χ1) is 14.2. The lowest BCUT2D eigenvalue weighted by Crippen LogP contribution is -2.37. The molecule has 0 bridgehead atoms. The van der Waals surface area contributed by atoms with Crippen molar-refractivity contribution in [3.63, 3.8) is 0 Å². The van der Waals surface area contributed by atoms with E-state index in [0.29, 0.717) is 29.3 Å². The zero-order valence-corrected chi connectivity index (χ0v) is 17.3. The van der Waals surface area contributed by atoms with Crippen molar-refractivity contribution in [1.29, 1.82) is 0 Å². The van der Waals surface area contributed by atoms with Crippen molar-refractivity contribution in [2.24, 2.45) is 0 Å². The minimum atomic E-state index is -0.284. The van der Waals surface area contributed by atoms with Gasteiger partial charge < -0.3 is 10.1 Å². The van der Waals surface area contributed by atoms with E-state index in [1.54, 1.807) is 12.1 Å². The van der Waals surface area contributed by atoms with Gasteiger partial charge in [-0.25, -0.2) is 4.39 Å². The van der Waals surface area contributed by atoms with Crippen molar-refractivity contribution in [2.75, 3.05) is 12.4 Å². The minimum absolute atomic E-state index is 0.0388. The number of halogens is 1. The molecule has 156 valence electrons. The molecule has 8 heteroatoms. The fourth-order valence-electron chi connectivity index (χ4n) is 4.01. The van der Waals surface area contributed by atoms with Crippen molar-refractivity contribution in [3.8, 4) is 11.4 Å². The molecule has 1 saturated carbocycles. The summed E-state index contributed by atoms with van der Waals surface area (Å²) in [4.78, 5) is 12.4. The first-order valence-electron chi connectivity index (χ1n) is 10.4. The van der Waals surface area contributed by atoms with Gasteiger partial charge in [-0.05, 0) is 49.9 Å². The predicted octanol–water partition coefficient (Wildman–Crippen LogP) is 3.80. The summed E-state index contributed by atoms with van der Waals surface area (Å²) in [6, 6.07) is 6.55. The largest absolute Gasteiger partial charge is 0.376 e. The normalized spacial score (nSPS) is 20.1. The molecular weight excluding hydrogens is 391 g/mol. The standard InChI is InChI=1S/C21H27FN4O2S/c22-16-10-8-15(9-11-16)20-24-25-21(26(20)13-18-7-4-12-28-18)29-14-19(27)23-17-5-2-1-3-6-17/h8-11,17-18H,1-7,12-14H2,(H,23,27)/t18-/m0/s1. The third-order valence-corrected chi connectivity index (χ3v) is 6.50. The van der Waals surface area contributed by atoms with Gasteiger partial charge in [-0.2, -0.15) is 0 Å². The lowest BCUT2D eigenvalue weighted by atomic mass is 9.95. The molecule has 1 aromatic carbocycles. The van der Waals surface area contributed by atoms with E-state index in [4.69, 9.17) is 4.74 Å². The van der Waals surface area contributed by atoms with Gasteiger partial charge in [-0.3, -0.25) is 9.36 Å². The van der Waals surface area contributed by atoms with Gasteiger partial charge in [0, 0.05) is 18.2 Å². The van der Waals surface area contributed by atoms with Crippen LogP contribution in [-0.4, -0.2) is 45.2 Å². The first kappa shape index (κ1) is 20.3. The van der Waals surface area contributed by atoms with Crippen LogP contribution in [0.15, 0.2) is 29.4 Å². The number of nitrogens with one attached hydrogen (secondary N) is 1. The number of carbonyl (C=O) groups excluding carboxylic acids is 1. The van der Waals surface area contributed by atoms with Crippen LogP contribution in [0.25, 0.3) is 11.4 Å². The minimum Gasteiger partial charge on any atom is -0.376 e. The molecule has 1 aliphatic heterocycles. The summed E-state index contributed by atoms with van der Waals surface area (Å²) in [6.07, 6.45) is 7.93. The molecule has 0 radical (unpaired) electrons. The van der Waals surface area contributed by atoms with E-state index in [1.165, 1.54) is 43.2 Å². The Morgan fingerprint density at radius 3 is 2.66 bits per heavy atom. The van der Waals surface area contributed by atoms with Crippen LogP contribution in [0.2, 0.25) is 0 Å². The highest BCUT2D eigenvalue weighted by molar-refractivity contribution is 7.99. The fourth-order valence-corrected chi connectivity index (χ4v) is 4.77. The van der Waals surface area contributed by atoms with Crippen LogP contribution in [0.4, 0.5) is 4.39 Å². The number of carbonyl (C=O) groups is 1. The van der Waals surface area contributed by atoms with Crippen molar-refractivity contribution in [3.05, 3.63) is 30.1 Å². The quantitative estimate of drug-likeness (QED) is 0.693. The number of amides is 1. The second kappa shape index (κ2) is 9.71. The second-order valence-electron chi connectivity index (χ2n) is 7.75. The molecule has 0 unspecified atom stereocenters. The number of ether oxygens (including phenoxy) is 1. The van der Waals surface area contributed by atoms with Crippen molar-refractivity contribution < 1.29 is 13.9 Å². The number of hydrogen-bond acceptors (Lipinski definition) is 5. The van der Waals surface area contributed by atoms with Crippen LogP contribution in [0.5, 0.6) is 0 Å². The molecule has 2 aromatic rings. The van der Waals surface area contributed by atoms with Crippen molar-refractivity contribution >= 4 is 17.7 Å². The SMILES string of the molecule is O=C(CSc1nnc(-c2ccc(F)cc2)n1C[C@@H]1CCCO1)NC1CCCCC1. The molecule has 0 spiro atoms. The van der Waals surface area contributed by atoms with Gasteiger partial charge in [0.05, 0.1) is 18.4 Å². The number of nitrogens with zero attached hydrogens (tertiary/aromatic N) is 3. The van der Waals surface area contributed by atoms with Crippen LogP contribution in [-0.2, 0) is 16.1 Å². The van der Waals surface area contributed by atoms with E-state index >= 15 is 0 Å². The zero-order chi connectivity index (χ0) is 20.1. The summed E-state index contributed by atoms with van der Waals surface area (Å²) in [5.74, 6) is 0.740. The van der Waals surface area contributed by atoms with E-state index in [0.717, 1.165) is 37.9 Å². The van der Waals surface area contributed by atoms with Crippen LogP contribution in [0.3, 0.4) is 0 Å². The molecule has 1 aromatic heterocycles. The van der Waals surface area contributed by atoms with Crippen molar-refractivity contribution in [2.45, 2.75) is 68.8 Å². The number of benzene rings is 1. The maximum absolute atomic E-state index is 13.3. The Kier molecular flexibility index (Phi) is 6.82. The van der Waals surface area contributed by atoms with E-state index in [-0.39, 0.29) is 17.8 Å². The van der Waals surface area contributed by atoms with Crippen LogP contribution in [0.1, 0.15) is 44.9 Å².